The van der Waals surface area contributed by atoms with Crippen LogP contribution < -0.4 is 11.5 Å². The van der Waals surface area contributed by atoms with E-state index in [1.54, 1.807) is 11.3 Å². The first-order valence-corrected chi connectivity index (χ1v) is 8.05. The Kier molecular flexibility index (Phi) is 3.20. The SMILES string of the molecule is Nc1ccc(C=Cc2csc3c(N)ncnc23)c2ccccc12. The Morgan fingerprint density at radius 3 is 2.52 bits per heavy atom. The Labute approximate surface area is 137 Å². The first kappa shape index (κ1) is 13.7. The molecule has 0 unspecified atom stereocenters. The summed E-state index contributed by atoms with van der Waals surface area (Å²) in [5, 5.41) is 4.25. The second-order valence-corrected chi connectivity index (χ2v) is 6.13. The van der Waals surface area contributed by atoms with Crippen LogP contribution in [0, 0.1) is 0 Å². The van der Waals surface area contributed by atoms with Gasteiger partial charge >= 0.3 is 0 Å². The van der Waals surface area contributed by atoms with E-state index in [1.807, 2.05) is 35.7 Å². The summed E-state index contributed by atoms with van der Waals surface area (Å²) < 4.78 is 0.925. The molecule has 5 heteroatoms. The summed E-state index contributed by atoms with van der Waals surface area (Å²) in [5.41, 5.74) is 15.8. The molecule has 0 bridgehead atoms. The third kappa shape index (κ3) is 2.31. The van der Waals surface area contributed by atoms with E-state index in [0.29, 0.717) is 5.82 Å². The van der Waals surface area contributed by atoms with Gasteiger partial charge in [-0.3, -0.25) is 0 Å². The second-order valence-electron chi connectivity index (χ2n) is 5.25. The van der Waals surface area contributed by atoms with Gasteiger partial charge in [0.05, 0.1) is 10.2 Å². The Morgan fingerprint density at radius 2 is 1.65 bits per heavy atom. The highest BCUT2D eigenvalue weighted by molar-refractivity contribution is 7.18. The zero-order valence-corrected chi connectivity index (χ0v) is 13.0. The van der Waals surface area contributed by atoms with Crippen molar-refractivity contribution in [1.82, 2.24) is 9.97 Å². The van der Waals surface area contributed by atoms with Crippen LogP contribution in [0.1, 0.15) is 11.1 Å². The fraction of sp³-hybridized carbons (Fsp3) is 0. The third-order valence-corrected chi connectivity index (χ3v) is 4.85. The lowest BCUT2D eigenvalue weighted by atomic mass is 10.0. The molecule has 112 valence electrons. The van der Waals surface area contributed by atoms with Crippen LogP contribution >= 0.6 is 11.3 Å². The number of hydrogen-bond donors (Lipinski definition) is 2. The van der Waals surface area contributed by atoms with Gasteiger partial charge in [0.2, 0.25) is 0 Å². The van der Waals surface area contributed by atoms with E-state index in [-0.39, 0.29) is 0 Å². The third-order valence-electron chi connectivity index (χ3n) is 3.84. The van der Waals surface area contributed by atoms with Gasteiger partial charge in [-0.05, 0) is 17.0 Å². The number of nitrogen functional groups attached to an aromatic ring is 2. The molecule has 0 saturated carbocycles. The van der Waals surface area contributed by atoms with Crippen LogP contribution in [-0.2, 0) is 0 Å². The van der Waals surface area contributed by atoms with E-state index < -0.39 is 0 Å². The largest absolute Gasteiger partial charge is 0.398 e. The topological polar surface area (TPSA) is 77.8 Å². The van der Waals surface area contributed by atoms with Gasteiger partial charge in [0.25, 0.3) is 0 Å². The quantitative estimate of drug-likeness (QED) is 0.543. The first-order chi connectivity index (χ1) is 11.2. The number of nitrogens with zero attached hydrogens (tertiary/aromatic N) is 2. The van der Waals surface area contributed by atoms with E-state index in [4.69, 9.17) is 11.5 Å². The predicted octanol–water partition coefficient (Wildman–Crippen LogP) is 4.18. The number of nitrogens with two attached hydrogens (primary N) is 2. The average molecular weight is 318 g/mol. The second kappa shape index (κ2) is 5.37. The minimum absolute atomic E-state index is 0.526. The summed E-state index contributed by atoms with van der Waals surface area (Å²) in [6.07, 6.45) is 5.64. The smallest absolute Gasteiger partial charge is 0.144 e. The molecule has 2 aromatic heterocycles. The van der Waals surface area contributed by atoms with Crippen molar-refractivity contribution in [2.45, 2.75) is 0 Å². The summed E-state index contributed by atoms with van der Waals surface area (Å²) in [7, 11) is 0. The standard InChI is InChI=1S/C18H14N4S/c19-15-8-7-11(13-3-1-2-4-14(13)15)5-6-12-9-23-17-16(12)21-10-22-18(17)20/h1-10H,19H2,(H2,20,21,22). The Morgan fingerprint density at radius 1 is 0.870 bits per heavy atom. The fourth-order valence-corrected chi connectivity index (χ4v) is 3.57. The molecule has 4 nitrogen and oxygen atoms in total. The lowest BCUT2D eigenvalue weighted by molar-refractivity contribution is 1.24. The van der Waals surface area contributed by atoms with Gasteiger partial charge in [-0.25, -0.2) is 9.97 Å². The molecule has 2 aromatic carbocycles. The van der Waals surface area contributed by atoms with Crippen molar-refractivity contribution < 1.29 is 0 Å². The van der Waals surface area contributed by atoms with Crippen molar-refractivity contribution in [3.8, 4) is 0 Å². The molecule has 0 aliphatic heterocycles. The molecule has 4 rings (SSSR count). The molecule has 0 aliphatic carbocycles. The van der Waals surface area contributed by atoms with E-state index in [9.17, 15) is 0 Å². The van der Waals surface area contributed by atoms with Crippen LogP contribution in [0.2, 0.25) is 0 Å². The number of rotatable bonds is 2. The van der Waals surface area contributed by atoms with Crippen LogP contribution in [0.25, 0.3) is 33.1 Å². The minimum atomic E-state index is 0.526. The highest BCUT2D eigenvalue weighted by atomic mass is 32.1. The highest BCUT2D eigenvalue weighted by Crippen LogP contribution is 2.30. The van der Waals surface area contributed by atoms with Crippen LogP contribution in [0.5, 0.6) is 0 Å². The monoisotopic (exact) mass is 318 g/mol. The molecule has 0 fully saturated rings. The van der Waals surface area contributed by atoms with Crippen LogP contribution in [-0.4, -0.2) is 9.97 Å². The Hall–Kier alpha value is -2.92. The number of anilines is 2. The van der Waals surface area contributed by atoms with Gasteiger partial charge in [0.1, 0.15) is 12.1 Å². The molecule has 23 heavy (non-hydrogen) atoms. The van der Waals surface area contributed by atoms with Crippen molar-refractivity contribution in [1.29, 1.82) is 0 Å². The van der Waals surface area contributed by atoms with Crippen molar-refractivity contribution in [2.24, 2.45) is 0 Å². The maximum absolute atomic E-state index is 6.05. The van der Waals surface area contributed by atoms with Gasteiger partial charge in [0, 0.05) is 22.0 Å². The van der Waals surface area contributed by atoms with Gasteiger partial charge in [0.15, 0.2) is 0 Å². The highest BCUT2D eigenvalue weighted by Gasteiger charge is 2.07. The molecule has 0 aliphatic rings. The van der Waals surface area contributed by atoms with Crippen molar-refractivity contribution >= 4 is 56.0 Å². The molecule has 4 N–H and O–H groups in total. The van der Waals surface area contributed by atoms with Crippen LogP contribution in [0.3, 0.4) is 0 Å². The zero-order chi connectivity index (χ0) is 15.8. The van der Waals surface area contributed by atoms with E-state index in [1.165, 1.54) is 6.33 Å². The average Bonchev–Trinajstić information content (AvgIpc) is 2.99. The van der Waals surface area contributed by atoms with E-state index in [2.05, 4.69) is 28.2 Å². The summed E-state index contributed by atoms with van der Waals surface area (Å²) >= 11 is 1.56. The first-order valence-electron chi connectivity index (χ1n) is 7.17. The number of aromatic nitrogens is 2. The number of benzene rings is 2. The summed E-state index contributed by atoms with van der Waals surface area (Å²) in [4.78, 5) is 8.37. The number of thiophene rings is 1. The summed E-state index contributed by atoms with van der Waals surface area (Å²) in [6, 6.07) is 12.1. The molecule has 0 radical (unpaired) electrons. The minimum Gasteiger partial charge on any atom is -0.398 e. The van der Waals surface area contributed by atoms with Gasteiger partial charge in [-0.1, -0.05) is 42.5 Å². The fourth-order valence-electron chi connectivity index (χ4n) is 2.68. The van der Waals surface area contributed by atoms with E-state index in [0.717, 1.165) is 37.8 Å². The van der Waals surface area contributed by atoms with Crippen molar-refractivity contribution in [3.05, 3.63) is 59.2 Å². The van der Waals surface area contributed by atoms with Gasteiger partial charge in [-0.15, -0.1) is 11.3 Å². The van der Waals surface area contributed by atoms with Crippen molar-refractivity contribution in [2.75, 3.05) is 11.5 Å². The van der Waals surface area contributed by atoms with Crippen LogP contribution in [0.15, 0.2) is 48.1 Å². The van der Waals surface area contributed by atoms with Crippen molar-refractivity contribution in [3.63, 3.8) is 0 Å². The van der Waals surface area contributed by atoms with Crippen LogP contribution in [0.4, 0.5) is 11.5 Å². The molecular formula is C18H14N4S. The Balaban J connectivity index is 1.82. The maximum Gasteiger partial charge on any atom is 0.144 e. The molecule has 4 aromatic rings. The lowest BCUT2D eigenvalue weighted by Gasteiger charge is -2.05. The van der Waals surface area contributed by atoms with Gasteiger partial charge in [-0.2, -0.15) is 0 Å². The summed E-state index contributed by atoms with van der Waals surface area (Å²) in [6.45, 7) is 0. The summed E-state index contributed by atoms with van der Waals surface area (Å²) in [5.74, 6) is 0.526. The lowest BCUT2D eigenvalue weighted by Crippen LogP contribution is -1.90. The normalized spacial score (nSPS) is 11.7. The molecule has 0 atom stereocenters. The predicted molar refractivity (Wildman–Crippen MR) is 99.1 cm³/mol. The molecular weight excluding hydrogens is 304 g/mol. The zero-order valence-electron chi connectivity index (χ0n) is 12.2. The number of hydrogen-bond acceptors (Lipinski definition) is 5. The molecule has 0 spiro atoms. The van der Waals surface area contributed by atoms with Gasteiger partial charge < -0.3 is 11.5 Å². The van der Waals surface area contributed by atoms with E-state index >= 15 is 0 Å². The Bertz CT molecular complexity index is 1050. The molecule has 2 heterocycles. The number of fused-ring (bicyclic) bond motifs is 2. The molecule has 0 amide bonds. The maximum atomic E-state index is 6.05. The molecule has 0 saturated heterocycles.